The smallest absolute Gasteiger partial charge is 0.226 e. The van der Waals surface area contributed by atoms with Gasteiger partial charge in [-0.2, -0.15) is 0 Å². The van der Waals surface area contributed by atoms with Crippen LogP contribution >= 0.6 is 0 Å². The highest BCUT2D eigenvalue weighted by Gasteiger charge is 2.14. The van der Waals surface area contributed by atoms with Gasteiger partial charge in [-0.1, -0.05) is 11.2 Å². The van der Waals surface area contributed by atoms with Crippen LogP contribution in [0.15, 0.2) is 16.7 Å². The van der Waals surface area contributed by atoms with Crippen molar-refractivity contribution in [3.05, 3.63) is 29.0 Å². The van der Waals surface area contributed by atoms with Crippen LogP contribution in [0.25, 0.3) is 11.0 Å². The fourth-order valence-corrected chi connectivity index (χ4v) is 2.33. The lowest BCUT2D eigenvalue weighted by molar-refractivity contribution is -0.120. The Morgan fingerprint density at radius 1 is 1.38 bits per heavy atom. The van der Waals surface area contributed by atoms with Gasteiger partial charge in [0.15, 0.2) is 5.58 Å². The number of carbonyl (C=O) groups excluding carboxylic acids is 1. The highest BCUT2D eigenvalue weighted by atomic mass is 16.5. The number of nitrogens with zero attached hydrogens (tertiary/aromatic N) is 1. The van der Waals surface area contributed by atoms with E-state index in [9.17, 15) is 4.79 Å². The molecule has 1 heterocycles. The predicted octanol–water partition coefficient (Wildman–Crippen LogP) is 2.53. The van der Waals surface area contributed by atoms with Gasteiger partial charge in [0.2, 0.25) is 5.91 Å². The maximum atomic E-state index is 11.9. The molecule has 0 aliphatic rings. The van der Waals surface area contributed by atoms with Gasteiger partial charge in [0.05, 0.1) is 6.42 Å². The SMILES string of the molecule is CCOCCCNC(=O)Cc1noc2c(C)cc(C)cc12. The van der Waals surface area contributed by atoms with Crippen LogP contribution in [0, 0.1) is 13.8 Å². The Labute approximate surface area is 124 Å². The number of aromatic nitrogens is 1. The monoisotopic (exact) mass is 290 g/mol. The van der Waals surface area contributed by atoms with Crippen molar-refractivity contribution >= 4 is 16.9 Å². The van der Waals surface area contributed by atoms with Gasteiger partial charge in [-0.3, -0.25) is 4.79 Å². The minimum atomic E-state index is -0.0409. The summed E-state index contributed by atoms with van der Waals surface area (Å²) < 4.78 is 10.6. The largest absolute Gasteiger partial charge is 0.382 e. The molecule has 1 N–H and O–H groups in total. The van der Waals surface area contributed by atoms with E-state index in [0.717, 1.165) is 28.5 Å². The summed E-state index contributed by atoms with van der Waals surface area (Å²) in [5.74, 6) is -0.0409. The molecule has 0 atom stereocenters. The molecule has 0 aliphatic heterocycles. The molecule has 1 aromatic heterocycles. The normalized spacial score (nSPS) is 11.0. The van der Waals surface area contributed by atoms with E-state index in [4.69, 9.17) is 9.26 Å². The highest BCUT2D eigenvalue weighted by molar-refractivity contribution is 5.88. The molecular formula is C16H22N2O3. The Morgan fingerprint density at radius 3 is 2.95 bits per heavy atom. The third-order valence-electron chi connectivity index (χ3n) is 3.30. The lowest BCUT2D eigenvalue weighted by Gasteiger charge is -2.04. The van der Waals surface area contributed by atoms with Gasteiger partial charge in [-0.05, 0) is 44.4 Å². The van der Waals surface area contributed by atoms with Gasteiger partial charge in [-0.15, -0.1) is 0 Å². The zero-order valence-corrected chi connectivity index (χ0v) is 12.9. The van der Waals surface area contributed by atoms with Crippen LogP contribution in [0.4, 0.5) is 0 Å². The summed E-state index contributed by atoms with van der Waals surface area (Å²) in [7, 11) is 0. The number of amides is 1. The Morgan fingerprint density at radius 2 is 2.19 bits per heavy atom. The molecule has 2 rings (SSSR count). The number of benzene rings is 1. The van der Waals surface area contributed by atoms with Gasteiger partial charge < -0.3 is 14.6 Å². The second-order valence-electron chi connectivity index (χ2n) is 5.16. The van der Waals surface area contributed by atoms with Gasteiger partial charge in [0.25, 0.3) is 0 Å². The Kier molecular flexibility index (Phi) is 5.33. The number of fused-ring (bicyclic) bond motifs is 1. The number of aryl methyl sites for hydroxylation is 2. The Balaban J connectivity index is 1.95. The molecule has 0 saturated carbocycles. The lowest BCUT2D eigenvalue weighted by atomic mass is 10.1. The molecule has 0 aliphatic carbocycles. The zero-order chi connectivity index (χ0) is 15.2. The molecule has 1 amide bonds. The first-order valence-corrected chi connectivity index (χ1v) is 7.31. The van der Waals surface area contributed by atoms with Gasteiger partial charge in [0.1, 0.15) is 5.69 Å². The third-order valence-corrected chi connectivity index (χ3v) is 3.30. The van der Waals surface area contributed by atoms with Gasteiger partial charge in [-0.25, -0.2) is 0 Å². The summed E-state index contributed by atoms with van der Waals surface area (Å²) in [5.41, 5.74) is 3.64. The minimum absolute atomic E-state index is 0.0409. The van der Waals surface area contributed by atoms with Crippen LogP contribution in [0.5, 0.6) is 0 Å². The summed E-state index contributed by atoms with van der Waals surface area (Å²) in [4.78, 5) is 11.9. The van der Waals surface area contributed by atoms with Crippen molar-refractivity contribution in [3.63, 3.8) is 0 Å². The summed E-state index contributed by atoms with van der Waals surface area (Å²) in [6.45, 7) is 7.96. The number of carbonyl (C=O) groups is 1. The molecule has 114 valence electrons. The van der Waals surface area contributed by atoms with E-state index >= 15 is 0 Å². The van der Waals surface area contributed by atoms with Crippen molar-refractivity contribution in [1.29, 1.82) is 0 Å². The average molecular weight is 290 g/mol. The number of nitrogens with one attached hydrogen (secondary N) is 1. The van der Waals surface area contributed by atoms with Gasteiger partial charge >= 0.3 is 0 Å². The first-order valence-electron chi connectivity index (χ1n) is 7.31. The number of ether oxygens (including phenoxy) is 1. The maximum Gasteiger partial charge on any atom is 0.226 e. The first-order chi connectivity index (χ1) is 10.1. The predicted molar refractivity (Wildman–Crippen MR) is 81.3 cm³/mol. The van der Waals surface area contributed by atoms with Crippen LogP contribution in [-0.4, -0.2) is 30.8 Å². The first kappa shape index (κ1) is 15.5. The molecule has 0 saturated heterocycles. The highest BCUT2D eigenvalue weighted by Crippen LogP contribution is 2.23. The van der Waals surface area contributed by atoms with Crippen molar-refractivity contribution in [2.45, 2.75) is 33.6 Å². The average Bonchev–Trinajstić information content (AvgIpc) is 2.82. The van der Waals surface area contributed by atoms with Crippen LogP contribution < -0.4 is 5.32 Å². The summed E-state index contributed by atoms with van der Waals surface area (Å²) in [6, 6.07) is 4.06. The Hall–Kier alpha value is -1.88. The van der Waals surface area contributed by atoms with Crippen LogP contribution in [0.1, 0.15) is 30.2 Å². The fraction of sp³-hybridized carbons (Fsp3) is 0.500. The summed E-state index contributed by atoms with van der Waals surface area (Å²) in [6.07, 6.45) is 1.06. The van der Waals surface area contributed by atoms with Crippen LogP contribution in [-0.2, 0) is 16.0 Å². The topological polar surface area (TPSA) is 64.4 Å². The number of rotatable bonds is 7. The molecule has 0 bridgehead atoms. The molecule has 5 heteroatoms. The number of hydrogen-bond donors (Lipinski definition) is 1. The minimum Gasteiger partial charge on any atom is -0.382 e. The Bertz CT molecular complexity index is 619. The van der Waals surface area contributed by atoms with E-state index in [1.54, 1.807) is 0 Å². The van der Waals surface area contributed by atoms with Crippen LogP contribution in [0.2, 0.25) is 0 Å². The van der Waals surface area contributed by atoms with Crippen LogP contribution in [0.3, 0.4) is 0 Å². The third kappa shape index (κ3) is 4.04. The van der Waals surface area contributed by atoms with Crippen molar-refractivity contribution in [1.82, 2.24) is 10.5 Å². The van der Waals surface area contributed by atoms with Crippen molar-refractivity contribution < 1.29 is 14.1 Å². The van der Waals surface area contributed by atoms with Crippen molar-refractivity contribution in [3.8, 4) is 0 Å². The molecular weight excluding hydrogens is 268 g/mol. The summed E-state index contributed by atoms with van der Waals surface area (Å²) >= 11 is 0. The van der Waals surface area contributed by atoms with E-state index in [0.29, 0.717) is 25.5 Å². The van der Waals surface area contributed by atoms with E-state index < -0.39 is 0 Å². The van der Waals surface area contributed by atoms with Crippen molar-refractivity contribution in [2.24, 2.45) is 0 Å². The van der Waals surface area contributed by atoms with E-state index in [1.165, 1.54) is 0 Å². The molecule has 21 heavy (non-hydrogen) atoms. The quantitative estimate of drug-likeness (QED) is 0.796. The van der Waals surface area contributed by atoms with E-state index in [2.05, 4.69) is 10.5 Å². The maximum absolute atomic E-state index is 11.9. The molecule has 0 fully saturated rings. The number of hydrogen-bond acceptors (Lipinski definition) is 4. The fourth-order valence-electron chi connectivity index (χ4n) is 2.33. The molecule has 2 aromatic rings. The van der Waals surface area contributed by atoms with E-state index in [1.807, 2.05) is 32.9 Å². The van der Waals surface area contributed by atoms with E-state index in [-0.39, 0.29) is 12.3 Å². The standard InChI is InChI=1S/C16H22N2O3/c1-4-20-7-5-6-17-15(19)10-14-13-9-11(2)8-12(3)16(13)21-18-14/h8-9H,4-7,10H2,1-3H3,(H,17,19). The molecule has 0 spiro atoms. The van der Waals surface area contributed by atoms with Gasteiger partial charge in [0, 0.05) is 25.1 Å². The second kappa shape index (κ2) is 7.22. The van der Waals surface area contributed by atoms with Crippen molar-refractivity contribution in [2.75, 3.05) is 19.8 Å². The second-order valence-corrected chi connectivity index (χ2v) is 5.16. The molecule has 5 nitrogen and oxygen atoms in total. The molecule has 0 unspecified atom stereocenters. The zero-order valence-electron chi connectivity index (χ0n) is 12.9. The molecule has 1 aromatic carbocycles. The molecule has 0 radical (unpaired) electrons. The lowest BCUT2D eigenvalue weighted by Crippen LogP contribution is -2.27. The summed E-state index contributed by atoms with van der Waals surface area (Å²) in [5, 5.41) is 7.84.